The molecule has 1 atom stereocenters. The molecule has 0 N–H and O–H groups in total. The highest BCUT2D eigenvalue weighted by Gasteiger charge is 1.90. The van der Waals surface area contributed by atoms with E-state index in [9.17, 15) is 0 Å². The molecule has 0 saturated heterocycles. The van der Waals surface area contributed by atoms with Gasteiger partial charge in [-0.1, -0.05) is 38.5 Å². The molecule has 0 amide bonds. The maximum Gasteiger partial charge on any atom is 0.0894 e. The van der Waals surface area contributed by atoms with Crippen molar-refractivity contribution in [2.45, 2.75) is 2.83 Å². The zero-order chi connectivity index (χ0) is 4.99. The molecule has 3 heteroatoms. The van der Waals surface area contributed by atoms with Crippen molar-refractivity contribution < 1.29 is 4.74 Å². The lowest BCUT2D eigenvalue weighted by molar-refractivity contribution is 0.217. The van der Waals surface area contributed by atoms with Gasteiger partial charge < -0.3 is 4.74 Å². The number of ether oxygens (including phenoxy) is 1. The first-order valence-corrected chi connectivity index (χ1v) is 3.70. The summed E-state index contributed by atoms with van der Waals surface area (Å²) in [5.74, 6) is 0. The minimum atomic E-state index is 0.458. The third kappa shape index (κ3) is 5.17. The quantitative estimate of drug-likeness (QED) is 0.546. The van der Waals surface area contributed by atoms with Crippen LogP contribution in [-0.4, -0.2) is 16.6 Å². The molecule has 0 aliphatic rings. The van der Waals surface area contributed by atoms with E-state index in [1.54, 1.807) is 7.11 Å². The third-order valence-corrected chi connectivity index (χ3v) is 0.917. The number of rotatable bonds is 2. The van der Waals surface area contributed by atoms with Crippen LogP contribution in [0.4, 0.5) is 0 Å². The standard InChI is InChI=1S/C3H6BrIO/c1-6-2-3(4)5/h3H,2H2,1H3. The molecule has 0 radical (unpaired) electrons. The Morgan fingerprint density at radius 1 is 2.00 bits per heavy atom. The van der Waals surface area contributed by atoms with Crippen molar-refractivity contribution in [1.82, 2.24) is 0 Å². The number of methoxy groups -OCH3 is 1. The highest BCUT2D eigenvalue weighted by molar-refractivity contribution is 14.1. The Morgan fingerprint density at radius 3 is 2.50 bits per heavy atom. The number of hydrogen-bond donors (Lipinski definition) is 0. The summed E-state index contributed by atoms with van der Waals surface area (Å²) in [4.78, 5) is 0. The Kier molecular flexibility index (Phi) is 5.18. The molecule has 6 heavy (non-hydrogen) atoms. The molecule has 38 valence electrons. The molecular weight excluding hydrogens is 259 g/mol. The fourth-order valence-corrected chi connectivity index (χ4v) is 0.750. The molecule has 0 aliphatic heterocycles. The van der Waals surface area contributed by atoms with E-state index in [1.165, 1.54) is 0 Å². The fourth-order valence-electron chi connectivity index (χ4n) is 0.126. The molecule has 0 aliphatic carbocycles. The van der Waals surface area contributed by atoms with E-state index in [2.05, 4.69) is 38.5 Å². The molecule has 0 aromatic rings. The van der Waals surface area contributed by atoms with Crippen molar-refractivity contribution in [3.63, 3.8) is 0 Å². The van der Waals surface area contributed by atoms with Crippen molar-refractivity contribution in [3.05, 3.63) is 0 Å². The van der Waals surface area contributed by atoms with Gasteiger partial charge in [0.15, 0.2) is 0 Å². The van der Waals surface area contributed by atoms with E-state index in [0.717, 1.165) is 6.61 Å². The van der Waals surface area contributed by atoms with Crippen LogP contribution in [0.1, 0.15) is 0 Å². The van der Waals surface area contributed by atoms with Crippen molar-refractivity contribution in [3.8, 4) is 0 Å². The molecule has 1 nitrogen and oxygen atoms in total. The summed E-state index contributed by atoms with van der Waals surface area (Å²) in [6.45, 7) is 0.778. The minimum Gasteiger partial charge on any atom is -0.383 e. The van der Waals surface area contributed by atoms with Crippen LogP contribution in [0.5, 0.6) is 0 Å². The van der Waals surface area contributed by atoms with Gasteiger partial charge in [-0.25, -0.2) is 0 Å². The normalized spacial score (nSPS) is 14.5. The van der Waals surface area contributed by atoms with E-state index in [4.69, 9.17) is 4.74 Å². The Balaban J connectivity index is 2.63. The Morgan fingerprint density at radius 2 is 2.50 bits per heavy atom. The van der Waals surface area contributed by atoms with Crippen LogP contribution in [0.15, 0.2) is 0 Å². The molecule has 0 aromatic heterocycles. The molecular formula is C3H6BrIO. The average Bonchev–Trinajstić information content (AvgIpc) is 1.35. The molecule has 0 aromatic carbocycles. The summed E-state index contributed by atoms with van der Waals surface area (Å²) in [5, 5.41) is 0. The van der Waals surface area contributed by atoms with Gasteiger partial charge in [0.2, 0.25) is 0 Å². The minimum absolute atomic E-state index is 0.458. The van der Waals surface area contributed by atoms with Crippen LogP contribution in [-0.2, 0) is 4.74 Å². The van der Waals surface area contributed by atoms with Gasteiger partial charge in [0, 0.05) is 7.11 Å². The van der Waals surface area contributed by atoms with Crippen molar-refractivity contribution in [1.29, 1.82) is 0 Å². The monoisotopic (exact) mass is 264 g/mol. The topological polar surface area (TPSA) is 9.23 Å². The van der Waals surface area contributed by atoms with Crippen LogP contribution >= 0.6 is 38.5 Å². The summed E-state index contributed by atoms with van der Waals surface area (Å²) in [6.07, 6.45) is 0. The second-order valence-electron chi connectivity index (χ2n) is 0.846. The van der Waals surface area contributed by atoms with Gasteiger partial charge in [-0.2, -0.15) is 0 Å². The summed E-state index contributed by atoms with van der Waals surface area (Å²) in [5.41, 5.74) is 0. The maximum absolute atomic E-state index is 4.75. The first kappa shape index (κ1) is 7.17. The smallest absolute Gasteiger partial charge is 0.0894 e. The summed E-state index contributed by atoms with van der Waals surface area (Å²) in [7, 11) is 1.69. The van der Waals surface area contributed by atoms with E-state index < -0.39 is 0 Å². The predicted molar refractivity (Wildman–Crippen MR) is 38.6 cm³/mol. The van der Waals surface area contributed by atoms with E-state index in [0.29, 0.717) is 2.83 Å². The Labute approximate surface area is 59.7 Å². The maximum atomic E-state index is 4.75. The van der Waals surface area contributed by atoms with Gasteiger partial charge in [-0.05, 0) is 0 Å². The van der Waals surface area contributed by atoms with Crippen molar-refractivity contribution >= 4 is 38.5 Å². The van der Waals surface area contributed by atoms with Crippen LogP contribution in [0.2, 0.25) is 0 Å². The second-order valence-corrected chi connectivity index (χ2v) is 5.17. The van der Waals surface area contributed by atoms with E-state index in [-0.39, 0.29) is 0 Å². The van der Waals surface area contributed by atoms with Crippen LogP contribution in [0.3, 0.4) is 0 Å². The summed E-state index contributed by atoms with van der Waals surface area (Å²) in [6, 6.07) is 0. The first-order valence-electron chi connectivity index (χ1n) is 1.54. The predicted octanol–water partition coefficient (Wildman–Crippen LogP) is 1.79. The molecule has 0 rings (SSSR count). The third-order valence-electron chi connectivity index (χ3n) is 0.293. The number of hydrogen-bond acceptors (Lipinski definition) is 1. The lowest BCUT2D eigenvalue weighted by Crippen LogP contribution is -1.94. The zero-order valence-electron chi connectivity index (χ0n) is 3.45. The average molecular weight is 265 g/mol. The van der Waals surface area contributed by atoms with Gasteiger partial charge in [0.1, 0.15) is 0 Å². The van der Waals surface area contributed by atoms with Crippen molar-refractivity contribution in [2.24, 2.45) is 0 Å². The number of halogens is 2. The van der Waals surface area contributed by atoms with Gasteiger partial charge in [-0.15, -0.1) is 0 Å². The summed E-state index contributed by atoms with van der Waals surface area (Å²) >= 11 is 5.53. The Bertz CT molecular complexity index is 32.0. The van der Waals surface area contributed by atoms with Gasteiger partial charge in [0.05, 0.1) is 9.44 Å². The van der Waals surface area contributed by atoms with E-state index >= 15 is 0 Å². The Hall–Kier alpha value is 1.17. The summed E-state index contributed by atoms with van der Waals surface area (Å²) < 4.78 is 5.21. The lowest BCUT2D eigenvalue weighted by Gasteiger charge is -1.94. The highest BCUT2D eigenvalue weighted by atomic mass is 127. The molecule has 1 unspecified atom stereocenters. The lowest BCUT2D eigenvalue weighted by atomic mass is 10.9. The molecule has 0 saturated carbocycles. The van der Waals surface area contributed by atoms with Gasteiger partial charge in [0.25, 0.3) is 0 Å². The van der Waals surface area contributed by atoms with Crippen molar-refractivity contribution in [2.75, 3.05) is 13.7 Å². The van der Waals surface area contributed by atoms with Crippen LogP contribution in [0, 0.1) is 0 Å². The van der Waals surface area contributed by atoms with E-state index in [1.807, 2.05) is 0 Å². The molecule has 0 fully saturated rings. The molecule has 0 bridgehead atoms. The molecule has 0 spiro atoms. The van der Waals surface area contributed by atoms with Gasteiger partial charge >= 0.3 is 0 Å². The van der Waals surface area contributed by atoms with Crippen LogP contribution < -0.4 is 0 Å². The SMILES string of the molecule is COCC(Br)I. The van der Waals surface area contributed by atoms with Gasteiger partial charge in [-0.3, -0.25) is 0 Å². The highest BCUT2D eigenvalue weighted by Crippen LogP contribution is 2.07. The second kappa shape index (κ2) is 4.33. The first-order chi connectivity index (χ1) is 2.77. The number of alkyl halides is 2. The largest absolute Gasteiger partial charge is 0.383 e. The fraction of sp³-hybridized carbons (Fsp3) is 1.00. The molecule has 0 heterocycles. The van der Waals surface area contributed by atoms with Crippen LogP contribution in [0.25, 0.3) is 0 Å². The zero-order valence-corrected chi connectivity index (χ0v) is 7.19.